The minimum absolute atomic E-state index is 0.00979. The Morgan fingerprint density at radius 1 is 1.25 bits per heavy atom. The van der Waals surface area contributed by atoms with Crippen LogP contribution in [-0.2, 0) is 19.7 Å². The summed E-state index contributed by atoms with van der Waals surface area (Å²) in [5.74, 6) is -0.843. The van der Waals surface area contributed by atoms with Crippen LogP contribution in [0.4, 0.5) is 0 Å². The normalized spacial score (nSPS) is 12.2. The standard InChI is InChI=1S/C12H17NO6S/c1-12(2,3)19-13-20(16,17)10-6-4-9(5-7-10)18-8-11(14)15/h4-7,13H,8H2,1-3H3,(H,14,15). The number of carboxylic acid groups (broad SMARTS) is 1. The Morgan fingerprint density at radius 2 is 1.80 bits per heavy atom. The number of hydrogen-bond donors (Lipinski definition) is 2. The van der Waals surface area contributed by atoms with Gasteiger partial charge in [-0.15, -0.1) is 0 Å². The molecule has 1 rings (SSSR count). The zero-order chi connectivity index (χ0) is 15.4. The second kappa shape index (κ2) is 6.21. The van der Waals surface area contributed by atoms with Crippen LogP contribution in [0.15, 0.2) is 29.2 Å². The molecule has 7 nitrogen and oxygen atoms in total. The van der Waals surface area contributed by atoms with Gasteiger partial charge < -0.3 is 9.84 Å². The molecule has 8 heteroatoms. The monoisotopic (exact) mass is 303 g/mol. The van der Waals surface area contributed by atoms with E-state index in [2.05, 4.69) is 0 Å². The highest BCUT2D eigenvalue weighted by Crippen LogP contribution is 2.16. The Morgan fingerprint density at radius 3 is 2.25 bits per heavy atom. The highest BCUT2D eigenvalue weighted by molar-refractivity contribution is 7.89. The third-order valence-corrected chi connectivity index (χ3v) is 3.15. The van der Waals surface area contributed by atoms with Crippen molar-refractivity contribution in [3.63, 3.8) is 0 Å². The molecular weight excluding hydrogens is 286 g/mol. The van der Waals surface area contributed by atoms with Crippen LogP contribution in [-0.4, -0.2) is 31.7 Å². The summed E-state index contributed by atoms with van der Waals surface area (Å²) in [4.78, 5) is 17.4. The Bertz CT molecular complexity index is 559. The molecule has 0 aromatic heterocycles. The number of nitrogens with one attached hydrogen (secondary N) is 1. The van der Waals surface area contributed by atoms with E-state index in [9.17, 15) is 13.2 Å². The number of carboxylic acids is 1. The first-order chi connectivity index (χ1) is 9.10. The summed E-state index contributed by atoms with van der Waals surface area (Å²) in [6.45, 7) is 4.63. The first kappa shape index (κ1) is 16.4. The molecule has 0 saturated carbocycles. The van der Waals surface area contributed by atoms with Gasteiger partial charge in [0.05, 0.1) is 10.5 Å². The third kappa shape index (κ3) is 5.55. The summed E-state index contributed by atoms with van der Waals surface area (Å²) in [5, 5.41) is 8.46. The van der Waals surface area contributed by atoms with Crippen LogP contribution < -0.4 is 9.62 Å². The zero-order valence-electron chi connectivity index (χ0n) is 11.4. The lowest BCUT2D eigenvalue weighted by molar-refractivity contribution is -0.139. The molecule has 0 fully saturated rings. The minimum Gasteiger partial charge on any atom is -0.482 e. The molecule has 0 aliphatic rings. The Kier molecular flexibility index (Phi) is 5.09. The van der Waals surface area contributed by atoms with Gasteiger partial charge in [-0.2, -0.15) is 0 Å². The van der Waals surface area contributed by atoms with Crippen molar-refractivity contribution in [1.82, 2.24) is 4.89 Å². The Balaban J connectivity index is 2.74. The van der Waals surface area contributed by atoms with Crippen molar-refractivity contribution in [3.8, 4) is 5.75 Å². The fourth-order valence-electron chi connectivity index (χ4n) is 1.09. The molecule has 0 radical (unpaired) electrons. The molecule has 0 heterocycles. The lowest BCUT2D eigenvalue weighted by Crippen LogP contribution is -2.33. The van der Waals surface area contributed by atoms with Crippen molar-refractivity contribution in [2.75, 3.05) is 6.61 Å². The van der Waals surface area contributed by atoms with E-state index in [1.807, 2.05) is 4.89 Å². The molecule has 112 valence electrons. The van der Waals surface area contributed by atoms with Gasteiger partial charge in [-0.3, -0.25) is 4.84 Å². The summed E-state index contributed by atoms with van der Waals surface area (Å²) in [6, 6.07) is 5.33. The van der Waals surface area contributed by atoms with Crippen LogP contribution in [0.25, 0.3) is 0 Å². The van der Waals surface area contributed by atoms with Gasteiger partial charge in [-0.25, -0.2) is 13.2 Å². The van der Waals surface area contributed by atoms with E-state index in [0.717, 1.165) is 0 Å². The van der Waals surface area contributed by atoms with Crippen molar-refractivity contribution in [2.45, 2.75) is 31.3 Å². The van der Waals surface area contributed by atoms with Gasteiger partial charge in [0.25, 0.3) is 10.0 Å². The van der Waals surface area contributed by atoms with Crippen LogP contribution in [0.3, 0.4) is 0 Å². The number of ether oxygens (including phenoxy) is 1. The molecule has 20 heavy (non-hydrogen) atoms. The van der Waals surface area contributed by atoms with E-state index in [1.54, 1.807) is 20.8 Å². The SMILES string of the molecule is CC(C)(C)ONS(=O)(=O)c1ccc(OCC(=O)O)cc1. The first-order valence-electron chi connectivity index (χ1n) is 5.75. The second-order valence-electron chi connectivity index (χ2n) is 4.96. The van der Waals surface area contributed by atoms with Crippen LogP contribution in [0, 0.1) is 0 Å². The average Bonchev–Trinajstić information content (AvgIpc) is 2.34. The maximum atomic E-state index is 11.9. The highest BCUT2D eigenvalue weighted by atomic mass is 32.2. The smallest absolute Gasteiger partial charge is 0.341 e. The van der Waals surface area contributed by atoms with Gasteiger partial charge in [0.2, 0.25) is 0 Å². The van der Waals surface area contributed by atoms with E-state index in [1.165, 1.54) is 24.3 Å². The van der Waals surface area contributed by atoms with E-state index < -0.39 is 28.2 Å². The fourth-order valence-corrected chi connectivity index (χ4v) is 2.04. The maximum Gasteiger partial charge on any atom is 0.341 e. The van der Waals surface area contributed by atoms with E-state index in [-0.39, 0.29) is 10.6 Å². The lowest BCUT2D eigenvalue weighted by Gasteiger charge is -2.19. The van der Waals surface area contributed by atoms with Gasteiger partial charge in [-0.05, 0) is 45.0 Å². The van der Waals surface area contributed by atoms with E-state index in [0.29, 0.717) is 0 Å². The maximum absolute atomic E-state index is 11.9. The molecule has 0 amide bonds. The van der Waals surface area contributed by atoms with Gasteiger partial charge in [0.1, 0.15) is 5.75 Å². The summed E-state index contributed by atoms with van der Waals surface area (Å²) in [6.07, 6.45) is 0. The Labute approximate surface area is 117 Å². The highest BCUT2D eigenvalue weighted by Gasteiger charge is 2.19. The van der Waals surface area contributed by atoms with Crippen molar-refractivity contribution >= 4 is 16.0 Å². The van der Waals surface area contributed by atoms with Gasteiger partial charge in [-0.1, -0.05) is 4.89 Å². The van der Waals surface area contributed by atoms with E-state index in [4.69, 9.17) is 14.7 Å². The number of aliphatic carboxylic acids is 1. The van der Waals surface area contributed by atoms with Crippen molar-refractivity contribution in [3.05, 3.63) is 24.3 Å². The molecule has 0 aliphatic carbocycles. The molecule has 0 saturated heterocycles. The van der Waals surface area contributed by atoms with Gasteiger partial charge in [0, 0.05) is 0 Å². The molecule has 0 atom stereocenters. The van der Waals surface area contributed by atoms with Gasteiger partial charge >= 0.3 is 5.97 Å². The molecule has 0 bridgehead atoms. The lowest BCUT2D eigenvalue weighted by atomic mass is 10.2. The summed E-state index contributed by atoms with van der Waals surface area (Å²) < 4.78 is 28.7. The average molecular weight is 303 g/mol. The molecule has 2 N–H and O–H groups in total. The third-order valence-electron chi connectivity index (χ3n) is 1.95. The van der Waals surface area contributed by atoms with Crippen molar-refractivity contribution in [1.29, 1.82) is 0 Å². The molecule has 0 aliphatic heterocycles. The number of carbonyl (C=O) groups is 1. The summed E-state index contributed by atoms with van der Waals surface area (Å²) >= 11 is 0. The first-order valence-corrected chi connectivity index (χ1v) is 7.23. The van der Waals surface area contributed by atoms with Crippen LogP contribution in [0.5, 0.6) is 5.75 Å². The number of hydrogen-bond acceptors (Lipinski definition) is 5. The van der Waals surface area contributed by atoms with Crippen LogP contribution in [0.1, 0.15) is 20.8 Å². The van der Waals surface area contributed by atoms with E-state index >= 15 is 0 Å². The number of benzene rings is 1. The van der Waals surface area contributed by atoms with Crippen LogP contribution in [0.2, 0.25) is 0 Å². The van der Waals surface area contributed by atoms with Crippen LogP contribution >= 0.6 is 0 Å². The van der Waals surface area contributed by atoms with Crippen molar-refractivity contribution in [2.24, 2.45) is 0 Å². The quantitative estimate of drug-likeness (QED) is 0.765. The number of sulfonamides is 1. The Hall–Kier alpha value is -1.64. The molecule has 0 spiro atoms. The predicted octanol–water partition coefficient (Wildman–Crippen LogP) is 1.16. The molecule has 1 aromatic rings. The molecular formula is C12H17NO6S. The largest absolute Gasteiger partial charge is 0.482 e. The summed E-state index contributed by atoms with van der Waals surface area (Å²) in [7, 11) is -3.79. The molecule has 0 unspecified atom stereocenters. The van der Waals surface area contributed by atoms with Gasteiger partial charge in [0.15, 0.2) is 6.61 Å². The molecule has 1 aromatic carbocycles. The van der Waals surface area contributed by atoms with Crippen molar-refractivity contribution < 1.29 is 27.9 Å². The predicted molar refractivity (Wildman–Crippen MR) is 70.7 cm³/mol. The second-order valence-corrected chi connectivity index (χ2v) is 6.60. The topological polar surface area (TPSA) is 102 Å². The zero-order valence-corrected chi connectivity index (χ0v) is 12.2. The fraction of sp³-hybridized carbons (Fsp3) is 0.417. The number of rotatable bonds is 6. The minimum atomic E-state index is -3.79. The summed E-state index contributed by atoms with van der Waals surface area (Å²) in [5.41, 5.74) is -0.655.